The molecule has 0 spiro atoms. The van der Waals surface area contributed by atoms with Crippen LogP contribution in [-0.4, -0.2) is 40.1 Å². The first-order valence-electron chi connectivity index (χ1n) is 7.07. The molecule has 0 aromatic carbocycles. The minimum atomic E-state index is -0.904. The first kappa shape index (κ1) is 14.2. The summed E-state index contributed by atoms with van der Waals surface area (Å²) in [7, 11) is 0. The fraction of sp³-hybridized carbons (Fsp3) is 0.857. The molecule has 5 heteroatoms. The Bertz CT molecular complexity index is 388. The number of carboxylic acids is 1. The van der Waals surface area contributed by atoms with Gasteiger partial charge in [0.05, 0.1) is 0 Å². The lowest BCUT2D eigenvalue weighted by atomic mass is 9.76. The second-order valence-corrected chi connectivity index (χ2v) is 6.87. The van der Waals surface area contributed by atoms with Crippen LogP contribution in [0.1, 0.15) is 52.9 Å². The van der Waals surface area contributed by atoms with Crippen molar-refractivity contribution in [1.82, 2.24) is 10.2 Å². The Hall–Kier alpha value is -1.26. The maximum Gasteiger partial charge on any atom is 0.327 e. The zero-order valence-corrected chi connectivity index (χ0v) is 12.0. The summed E-state index contributed by atoms with van der Waals surface area (Å²) >= 11 is 0. The average Bonchev–Trinajstić information content (AvgIpc) is 2.24. The van der Waals surface area contributed by atoms with Crippen LogP contribution in [0.4, 0.5) is 4.79 Å². The SMILES string of the molecule is CC1(NC(=O)N2CCCC(C)(C)C2C(=O)O)CCC1. The van der Waals surface area contributed by atoms with Crippen molar-refractivity contribution in [2.24, 2.45) is 5.41 Å². The molecule has 1 saturated carbocycles. The van der Waals surface area contributed by atoms with Gasteiger partial charge in [-0.05, 0) is 44.4 Å². The Balaban J connectivity index is 2.12. The number of hydrogen-bond donors (Lipinski definition) is 2. The maximum atomic E-state index is 12.4. The number of nitrogens with zero attached hydrogens (tertiary/aromatic N) is 1. The van der Waals surface area contributed by atoms with Crippen molar-refractivity contribution in [2.75, 3.05) is 6.54 Å². The van der Waals surface area contributed by atoms with E-state index in [-0.39, 0.29) is 17.0 Å². The molecule has 0 bridgehead atoms. The number of carbonyl (C=O) groups is 2. The average molecular weight is 268 g/mol. The van der Waals surface area contributed by atoms with Crippen LogP contribution in [0.2, 0.25) is 0 Å². The molecule has 0 aromatic heterocycles. The van der Waals surface area contributed by atoms with Gasteiger partial charge in [-0.1, -0.05) is 13.8 Å². The lowest BCUT2D eigenvalue weighted by Crippen LogP contribution is -2.62. The summed E-state index contributed by atoms with van der Waals surface area (Å²) in [4.78, 5) is 25.4. The van der Waals surface area contributed by atoms with Crippen LogP contribution in [-0.2, 0) is 4.79 Å². The van der Waals surface area contributed by atoms with E-state index in [1.165, 1.54) is 4.90 Å². The summed E-state index contributed by atoms with van der Waals surface area (Å²) < 4.78 is 0. The predicted octanol–water partition coefficient (Wildman–Crippen LogP) is 2.21. The third-order valence-electron chi connectivity index (χ3n) is 4.63. The molecule has 19 heavy (non-hydrogen) atoms. The summed E-state index contributed by atoms with van der Waals surface area (Å²) in [5, 5.41) is 12.4. The normalized spacial score (nSPS) is 28.4. The Morgan fingerprint density at radius 3 is 2.26 bits per heavy atom. The monoisotopic (exact) mass is 268 g/mol. The van der Waals surface area contributed by atoms with Gasteiger partial charge in [0.25, 0.3) is 0 Å². The van der Waals surface area contributed by atoms with Crippen molar-refractivity contribution in [3.8, 4) is 0 Å². The molecule has 1 saturated heterocycles. The molecule has 2 fully saturated rings. The topological polar surface area (TPSA) is 69.6 Å². The van der Waals surface area contributed by atoms with Crippen molar-refractivity contribution in [3.05, 3.63) is 0 Å². The number of amides is 2. The summed E-state index contributed by atoms with van der Waals surface area (Å²) in [6.45, 7) is 6.41. The number of rotatable bonds is 2. The van der Waals surface area contributed by atoms with E-state index in [1.807, 2.05) is 20.8 Å². The molecular formula is C14H24N2O3. The smallest absolute Gasteiger partial charge is 0.327 e. The Kier molecular flexibility index (Phi) is 3.49. The quantitative estimate of drug-likeness (QED) is 0.806. The molecule has 2 N–H and O–H groups in total. The van der Waals surface area contributed by atoms with E-state index in [2.05, 4.69) is 5.32 Å². The van der Waals surface area contributed by atoms with Gasteiger partial charge in [0.2, 0.25) is 0 Å². The Morgan fingerprint density at radius 2 is 1.79 bits per heavy atom. The number of aliphatic carboxylic acids is 1. The van der Waals surface area contributed by atoms with Gasteiger partial charge >= 0.3 is 12.0 Å². The molecule has 108 valence electrons. The Labute approximate surface area is 114 Å². The van der Waals surface area contributed by atoms with Crippen molar-refractivity contribution in [3.63, 3.8) is 0 Å². The highest BCUT2D eigenvalue weighted by atomic mass is 16.4. The highest BCUT2D eigenvalue weighted by Gasteiger charge is 2.46. The summed E-state index contributed by atoms with van der Waals surface area (Å²) in [5.41, 5.74) is -0.510. The van der Waals surface area contributed by atoms with E-state index in [0.717, 1.165) is 32.1 Å². The zero-order valence-electron chi connectivity index (χ0n) is 12.0. The van der Waals surface area contributed by atoms with E-state index < -0.39 is 12.0 Å². The van der Waals surface area contributed by atoms with E-state index in [4.69, 9.17) is 0 Å². The van der Waals surface area contributed by atoms with E-state index in [0.29, 0.717) is 6.54 Å². The van der Waals surface area contributed by atoms with Crippen molar-refractivity contribution in [1.29, 1.82) is 0 Å². The van der Waals surface area contributed by atoms with Crippen LogP contribution in [0.15, 0.2) is 0 Å². The molecule has 1 aliphatic heterocycles. The fourth-order valence-electron chi connectivity index (χ4n) is 3.24. The van der Waals surface area contributed by atoms with Gasteiger partial charge in [0.15, 0.2) is 0 Å². The number of hydrogen-bond acceptors (Lipinski definition) is 2. The third-order valence-corrected chi connectivity index (χ3v) is 4.63. The van der Waals surface area contributed by atoms with Gasteiger partial charge < -0.3 is 15.3 Å². The van der Waals surface area contributed by atoms with Crippen LogP contribution < -0.4 is 5.32 Å². The predicted molar refractivity (Wildman–Crippen MR) is 71.9 cm³/mol. The number of carboxylic acid groups (broad SMARTS) is 1. The highest BCUT2D eigenvalue weighted by molar-refractivity contribution is 5.84. The fourth-order valence-corrected chi connectivity index (χ4v) is 3.24. The Morgan fingerprint density at radius 1 is 1.16 bits per heavy atom. The van der Waals surface area contributed by atoms with E-state index in [1.54, 1.807) is 0 Å². The van der Waals surface area contributed by atoms with Crippen molar-refractivity contribution in [2.45, 2.75) is 64.5 Å². The summed E-state index contributed by atoms with van der Waals surface area (Å²) in [6.07, 6.45) is 4.79. The van der Waals surface area contributed by atoms with Crippen LogP contribution in [0.25, 0.3) is 0 Å². The summed E-state index contributed by atoms with van der Waals surface area (Å²) in [5.74, 6) is -0.904. The van der Waals surface area contributed by atoms with Crippen molar-refractivity contribution >= 4 is 12.0 Å². The second-order valence-electron chi connectivity index (χ2n) is 6.87. The highest BCUT2D eigenvalue weighted by Crippen LogP contribution is 2.36. The molecule has 0 radical (unpaired) electrons. The van der Waals surface area contributed by atoms with Crippen molar-refractivity contribution < 1.29 is 14.7 Å². The second kappa shape index (κ2) is 4.69. The number of likely N-dealkylation sites (tertiary alicyclic amines) is 1. The van der Waals surface area contributed by atoms with Gasteiger partial charge in [-0.15, -0.1) is 0 Å². The first-order valence-corrected chi connectivity index (χ1v) is 7.07. The molecule has 2 rings (SSSR count). The molecule has 0 aromatic rings. The number of carbonyl (C=O) groups excluding carboxylic acids is 1. The molecule has 1 aliphatic carbocycles. The van der Waals surface area contributed by atoms with Gasteiger partial charge in [-0.2, -0.15) is 0 Å². The van der Waals surface area contributed by atoms with Gasteiger partial charge in [-0.25, -0.2) is 9.59 Å². The minimum Gasteiger partial charge on any atom is -0.480 e. The van der Waals surface area contributed by atoms with Gasteiger partial charge in [0.1, 0.15) is 6.04 Å². The van der Waals surface area contributed by atoms with E-state index in [9.17, 15) is 14.7 Å². The zero-order chi connectivity index (χ0) is 14.3. The van der Waals surface area contributed by atoms with Crippen LogP contribution >= 0.6 is 0 Å². The van der Waals surface area contributed by atoms with Gasteiger partial charge in [0, 0.05) is 12.1 Å². The standard InChI is InChI=1S/C14H24N2O3/c1-13(2)6-5-9-16(10(13)11(17)18)12(19)15-14(3)7-4-8-14/h10H,4-9H2,1-3H3,(H,15,19)(H,17,18). The molecule has 1 heterocycles. The van der Waals surface area contributed by atoms with Gasteiger partial charge in [-0.3, -0.25) is 0 Å². The number of nitrogens with one attached hydrogen (secondary N) is 1. The largest absolute Gasteiger partial charge is 0.480 e. The minimum absolute atomic E-state index is 0.137. The number of piperidine rings is 1. The van der Waals surface area contributed by atoms with E-state index >= 15 is 0 Å². The molecule has 1 atom stereocenters. The van der Waals surface area contributed by atoms with Crippen LogP contribution in [0.3, 0.4) is 0 Å². The van der Waals surface area contributed by atoms with Crippen LogP contribution in [0, 0.1) is 5.41 Å². The maximum absolute atomic E-state index is 12.4. The van der Waals surface area contributed by atoms with Crippen LogP contribution in [0.5, 0.6) is 0 Å². The molecule has 2 amide bonds. The molecule has 2 aliphatic rings. The lowest BCUT2D eigenvalue weighted by Gasteiger charge is -2.46. The lowest BCUT2D eigenvalue weighted by molar-refractivity contribution is -0.148. The molecular weight excluding hydrogens is 244 g/mol. The first-order chi connectivity index (χ1) is 8.75. The molecule has 1 unspecified atom stereocenters. The molecule has 5 nitrogen and oxygen atoms in total. The number of urea groups is 1. The summed E-state index contributed by atoms with van der Waals surface area (Å²) in [6, 6.07) is -0.952. The third kappa shape index (κ3) is 2.69.